The van der Waals surface area contributed by atoms with Crippen molar-refractivity contribution in [2.45, 2.75) is 26.2 Å². The lowest BCUT2D eigenvalue weighted by Gasteiger charge is -2.27. The van der Waals surface area contributed by atoms with Gasteiger partial charge in [0.2, 0.25) is 0 Å². The van der Waals surface area contributed by atoms with E-state index in [1.54, 1.807) is 13.2 Å². The molecule has 0 aliphatic heterocycles. The van der Waals surface area contributed by atoms with Crippen molar-refractivity contribution in [3.63, 3.8) is 0 Å². The van der Waals surface area contributed by atoms with E-state index in [0.717, 1.165) is 19.4 Å². The van der Waals surface area contributed by atoms with E-state index in [1.807, 2.05) is 6.08 Å². The Kier molecular flexibility index (Phi) is 3.04. The van der Waals surface area contributed by atoms with Crippen molar-refractivity contribution in [2.24, 2.45) is 5.41 Å². The van der Waals surface area contributed by atoms with Crippen LogP contribution in [0.5, 0.6) is 0 Å². The first-order valence-corrected chi connectivity index (χ1v) is 4.37. The number of allylic oxidation sites excluding steroid dienone is 2. The van der Waals surface area contributed by atoms with Crippen LogP contribution in [0.4, 0.5) is 0 Å². The molecule has 0 radical (unpaired) electrons. The predicted octanol–water partition coefficient (Wildman–Crippen LogP) is 1.95. The molecular weight excluding hydrogens is 152 g/mol. The Balaban J connectivity index is 2.49. The molecule has 1 unspecified atom stereocenters. The summed E-state index contributed by atoms with van der Waals surface area (Å²) in [5.74, 6) is 0.255. The largest absolute Gasteiger partial charge is 0.385 e. The van der Waals surface area contributed by atoms with Gasteiger partial charge in [-0.2, -0.15) is 0 Å². The second-order valence-electron chi connectivity index (χ2n) is 3.70. The summed E-state index contributed by atoms with van der Waals surface area (Å²) in [7, 11) is 1.71. The second kappa shape index (κ2) is 3.85. The first kappa shape index (κ1) is 9.46. The molecule has 0 amide bonds. The van der Waals surface area contributed by atoms with Gasteiger partial charge in [-0.1, -0.05) is 13.0 Å². The Bertz CT molecular complexity index is 196. The van der Waals surface area contributed by atoms with E-state index >= 15 is 0 Å². The fourth-order valence-electron chi connectivity index (χ4n) is 1.41. The molecule has 12 heavy (non-hydrogen) atoms. The molecule has 2 heteroatoms. The van der Waals surface area contributed by atoms with Crippen LogP contribution < -0.4 is 0 Å². The zero-order chi connectivity index (χ0) is 9.03. The standard InChI is InChI=1S/C10H16O2/c1-10(7-8-12-2)5-3-9(11)4-6-10/h3,5H,4,6-8H2,1-2H3. The molecule has 0 saturated carbocycles. The van der Waals surface area contributed by atoms with Crippen molar-refractivity contribution in [1.82, 2.24) is 0 Å². The topological polar surface area (TPSA) is 26.3 Å². The lowest BCUT2D eigenvalue weighted by atomic mass is 9.78. The van der Waals surface area contributed by atoms with Gasteiger partial charge in [-0.3, -0.25) is 4.79 Å². The molecule has 0 aromatic carbocycles. The molecule has 0 fully saturated rings. The summed E-state index contributed by atoms with van der Waals surface area (Å²) in [5.41, 5.74) is 0.184. The van der Waals surface area contributed by atoms with Gasteiger partial charge in [0.1, 0.15) is 0 Å². The number of rotatable bonds is 3. The van der Waals surface area contributed by atoms with E-state index in [1.165, 1.54) is 0 Å². The van der Waals surface area contributed by atoms with Gasteiger partial charge in [-0.15, -0.1) is 0 Å². The monoisotopic (exact) mass is 168 g/mol. The molecular formula is C10H16O2. The summed E-state index contributed by atoms with van der Waals surface area (Å²) < 4.78 is 5.02. The maximum absolute atomic E-state index is 10.9. The summed E-state index contributed by atoms with van der Waals surface area (Å²) in [6, 6.07) is 0. The van der Waals surface area contributed by atoms with Crippen LogP contribution in [0.2, 0.25) is 0 Å². The van der Waals surface area contributed by atoms with Gasteiger partial charge in [0, 0.05) is 20.1 Å². The zero-order valence-corrected chi connectivity index (χ0v) is 7.80. The van der Waals surface area contributed by atoms with Crippen molar-refractivity contribution in [3.8, 4) is 0 Å². The summed E-state index contributed by atoms with van der Waals surface area (Å²) in [6.07, 6.45) is 6.40. The minimum absolute atomic E-state index is 0.184. The van der Waals surface area contributed by atoms with Gasteiger partial charge < -0.3 is 4.74 Å². The van der Waals surface area contributed by atoms with Crippen molar-refractivity contribution < 1.29 is 9.53 Å². The van der Waals surface area contributed by atoms with E-state index in [9.17, 15) is 4.79 Å². The molecule has 0 heterocycles. The van der Waals surface area contributed by atoms with Crippen molar-refractivity contribution >= 4 is 5.78 Å². The Morgan fingerprint density at radius 2 is 2.42 bits per heavy atom. The first-order valence-electron chi connectivity index (χ1n) is 4.37. The van der Waals surface area contributed by atoms with Crippen LogP contribution in [-0.2, 0) is 9.53 Å². The highest BCUT2D eigenvalue weighted by Crippen LogP contribution is 2.32. The third-order valence-electron chi connectivity index (χ3n) is 2.49. The molecule has 1 aliphatic carbocycles. The van der Waals surface area contributed by atoms with Crippen LogP contribution in [0.15, 0.2) is 12.2 Å². The van der Waals surface area contributed by atoms with Gasteiger partial charge in [0.25, 0.3) is 0 Å². The van der Waals surface area contributed by atoms with E-state index in [0.29, 0.717) is 6.42 Å². The van der Waals surface area contributed by atoms with Crippen molar-refractivity contribution in [1.29, 1.82) is 0 Å². The fraction of sp³-hybridized carbons (Fsp3) is 0.700. The molecule has 0 spiro atoms. The predicted molar refractivity (Wildman–Crippen MR) is 48.0 cm³/mol. The molecule has 0 aromatic heterocycles. The molecule has 0 aromatic rings. The van der Waals surface area contributed by atoms with Crippen LogP contribution in [0.25, 0.3) is 0 Å². The highest BCUT2D eigenvalue weighted by molar-refractivity contribution is 5.90. The SMILES string of the molecule is COCCC1(C)C=CC(=O)CC1. The Morgan fingerprint density at radius 1 is 1.67 bits per heavy atom. The van der Waals surface area contributed by atoms with Crippen molar-refractivity contribution in [2.75, 3.05) is 13.7 Å². The summed E-state index contributed by atoms with van der Waals surface area (Å²) in [5, 5.41) is 0. The van der Waals surface area contributed by atoms with Crippen LogP contribution >= 0.6 is 0 Å². The summed E-state index contributed by atoms with van der Waals surface area (Å²) in [6.45, 7) is 2.95. The third-order valence-corrected chi connectivity index (χ3v) is 2.49. The lowest BCUT2D eigenvalue weighted by Crippen LogP contribution is -2.21. The number of ketones is 1. The highest BCUT2D eigenvalue weighted by Gasteiger charge is 2.24. The average Bonchev–Trinajstić information content (AvgIpc) is 2.08. The van der Waals surface area contributed by atoms with Gasteiger partial charge in [-0.25, -0.2) is 0 Å². The van der Waals surface area contributed by atoms with E-state index in [4.69, 9.17) is 4.74 Å². The number of carbonyl (C=O) groups is 1. The second-order valence-corrected chi connectivity index (χ2v) is 3.70. The fourth-order valence-corrected chi connectivity index (χ4v) is 1.41. The van der Waals surface area contributed by atoms with Crippen LogP contribution in [0.1, 0.15) is 26.2 Å². The van der Waals surface area contributed by atoms with Gasteiger partial charge in [0.15, 0.2) is 5.78 Å². The third kappa shape index (κ3) is 2.45. The normalized spacial score (nSPS) is 29.3. The molecule has 2 nitrogen and oxygen atoms in total. The smallest absolute Gasteiger partial charge is 0.155 e. The lowest BCUT2D eigenvalue weighted by molar-refractivity contribution is -0.115. The maximum atomic E-state index is 10.9. The Labute approximate surface area is 73.6 Å². The van der Waals surface area contributed by atoms with Crippen molar-refractivity contribution in [3.05, 3.63) is 12.2 Å². The Hall–Kier alpha value is -0.630. The number of hydrogen-bond donors (Lipinski definition) is 0. The van der Waals surface area contributed by atoms with Gasteiger partial charge in [-0.05, 0) is 24.3 Å². The maximum Gasteiger partial charge on any atom is 0.155 e. The highest BCUT2D eigenvalue weighted by atomic mass is 16.5. The van der Waals surface area contributed by atoms with E-state index in [-0.39, 0.29) is 11.2 Å². The van der Waals surface area contributed by atoms with Crippen LogP contribution in [0, 0.1) is 5.41 Å². The molecule has 68 valence electrons. The molecule has 1 aliphatic rings. The summed E-state index contributed by atoms with van der Waals surface area (Å²) >= 11 is 0. The van der Waals surface area contributed by atoms with Gasteiger partial charge >= 0.3 is 0 Å². The van der Waals surface area contributed by atoms with Gasteiger partial charge in [0.05, 0.1) is 0 Å². The first-order chi connectivity index (χ1) is 5.66. The molecule has 1 atom stereocenters. The minimum atomic E-state index is 0.184. The molecule has 0 N–H and O–H groups in total. The average molecular weight is 168 g/mol. The number of hydrogen-bond acceptors (Lipinski definition) is 2. The van der Waals surface area contributed by atoms with Crippen LogP contribution in [-0.4, -0.2) is 19.5 Å². The molecule has 0 bridgehead atoms. The molecule has 1 rings (SSSR count). The minimum Gasteiger partial charge on any atom is -0.385 e. The van der Waals surface area contributed by atoms with E-state index < -0.39 is 0 Å². The van der Waals surface area contributed by atoms with Crippen LogP contribution in [0.3, 0.4) is 0 Å². The Morgan fingerprint density at radius 3 is 2.92 bits per heavy atom. The number of methoxy groups -OCH3 is 1. The summed E-state index contributed by atoms with van der Waals surface area (Å²) in [4.78, 5) is 10.9. The van der Waals surface area contributed by atoms with E-state index in [2.05, 4.69) is 6.92 Å². The zero-order valence-electron chi connectivity index (χ0n) is 7.80. The number of ether oxygens (including phenoxy) is 1. The quantitative estimate of drug-likeness (QED) is 0.643. The molecule has 0 saturated heterocycles. The number of carbonyl (C=O) groups excluding carboxylic acids is 1.